The number of carboxylic acids is 1. The van der Waals surface area contributed by atoms with E-state index in [1.54, 1.807) is 6.92 Å². The van der Waals surface area contributed by atoms with Gasteiger partial charge in [-0.05, 0) is 19.4 Å². The maximum atomic E-state index is 12.4. The number of aromatic carboxylic acids is 1. The number of aromatic nitrogens is 2. The first-order valence-corrected chi connectivity index (χ1v) is 7.69. The molecule has 0 aliphatic carbocycles. The Hall–Kier alpha value is -2.47. The van der Waals surface area contributed by atoms with Crippen LogP contribution in [-0.2, 0) is 6.54 Å². The molecule has 0 atom stereocenters. The van der Waals surface area contributed by atoms with Gasteiger partial charge in [-0.15, -0.1) is 11.3 Å². The summed E-state index contributed by atoms with van der Waals surface area (Å²) in [6.07, 6.45) is 0. The van der Waals surface area contributed by atoms with E-state index in [0.29, 0.717) is 27.9 Å². The minimum atomic E-state index is -1.01. The Bertz CT molecular complexity index is 926. The van der Waals surface area contributed by atoms with Crippen LogP contribution in [0.4, 0.5) is 0 Å². The molecule has 0 saturated heterocycles. The molecular formula is C16H14N2O3S. The molecule has 5 nitrogen and oxygen atoms in total. The number of benzene rings is 1. The predicted octanol–water partition coefficient (Wildman–Crippen LogP) is 3.15. The molecule has 3 rings (SSSR count). The number of fused-ring (bicyclic) bond motifs is 1. The van der Waals surface area contributed by atoms with Gasteiger partial charge < -0.3 is 5.11 Å². The molecule has 1 aromatic carbocycles. The van der Waals surface area contributed by atoms with E-state index < -0.39 is 5.97 Å². The van der Waals surface area contributed by atoms with Crippen molar-refractivity contribution in [1.29, 1.82) is 0 Å². The normalized spacial score (nSPS) is 11.0. The Balaban J connectivity index is 2.48. The molecule has 22 heavy (non-hydrogen) atoms. The number of nitrogens with zero attached hydrogens (tertiary/aromatic N) is 2. The van der Waals surface area contributed by atoms with Crippen LogP contribution in [0.25, 0.3) is 21.3 Å². The van der Waals surface area contributed by atoms with Gasteiger partial charge in [-0.25, -0.2) is 9.48 Å². The summed E-state index contributed by atoms with van der Waals surface area (Å²) in [5, 5.41) is 14.4. The molecule has 0 spiro atoms. The van der Waals surface area contributed by atoms with Gasteiger partial charge >= 0.3 is 5.97 Å². The van der Waals surface area contributed by atoms with Crippen LogP contribution in [0.15, 0.2) is 35.1 Å². The highest BCUT2D eigenvalue weighted by molar-refractivity contribution is 7.21. The van der Waals surface area contributed by atoms with Gasteiger partial charge in [-0.2, -0.15) is 5.10 Å². The molecule has 0 unspecified atom stereocenters. The zero-order valence-corrected chi connectivity index (χ0v) is 13.0. The summed E-state index contributed by atoms with van der Waals surface area (Å²) < 4.78 is 1.83. The van der Waals surface area contributed by atoms with Gasteiger partial charge in [0, 0.05) is 17.5 Å². The Morgan fingerprint density at radius 2 is 2.00 bits per heavy atom. The van der Waals surface area contributed by atoms with Gasteiger partial charge in [0.1, 0.15) is 15.3 Å². The van der Waals surface area contributed by atoms with Crippen LogP contribution in [0.2, 0.25) is 0 Å². The SMILES string of the molecule is CCn1nc(-c2ccccc2)c2c(C)c(C(=O)O)sc2c1=O. The Kier molecular flexibility index (Phi) is 3.54. The van der Waals surface area contributed by atoms with Gasteiger partial charge in [0.25, 0.3) is 5.56 Å². The van der Waals surface area contributed by atoms with Crippen molar-refractivity contribution in [3.8, 4) is 11.3 Å². The van der Waals surface area contributed by atoms with Crippen molar-refractivity contribution in [2.45, 2.75) is 20.4 Å². The zero-order chi connectivity index (χ0) is 15.9. The molecule has 112 valence electrons. The van der Waals surface area contributed by atoms with E-state index in [1.807, 2.05) is 37.3 Å². The molecule has 1 N–H and O–H groups in total. The number of hydrogen-bond acceptors (Lipinski definition) is 4. The second-order valence-corrected chi connectivity index (χ2v) is 5.92. The standard InChI is InChI=1S/C16H14N2O3S/c1-3-18-15(19)14-11(9(2)13(22-14)16(20)21)12(17-18)10-7-5-4-6-8-10/h4-8H,3H2,1-2H3,(H,20,21). The molecule has 0 amide bonds. The van der Waals surface area contributed by atoms with E-state index in [-0.39, 0.29) is 10.4 Å². The summed E-state index contributed by atoms with van der Waals surface area (Å²) in [4.78, 5) is 24.0. The highest BCUT2D eigenvalue weighted by atomic mass is 32.1. The molecule has 0 radical (unpaired) electrons. The molecule has 2 heterocycles. The highest BCUT2D eigenvalue weighted by Crippen LogP contribution is 2.34. The fourth-order valence-corrected chi connectivity index (χ4v) is 3.59. The van der Waals surface area contributed by atoms with E-state index in [1.165, 1.54) is 4.68 Å². The maximum absolute atomic E-state index is 12.4. The first kappa shape index (κ1) is 14.5. The largest absolute Gasteiger partial charge is 0.477 e. The third-order valence-corrected chi connectivity index (χ3v) is 4.84. The molecule has 6 heteroatoms. The fourth-order valence-electron chi connectivity index (χ4n) is 2.50. The number of rotatable bonds is 3. The van der Waals surface area contributed by atoms with Crippen molar-refractivity contribution in [1.82, 2.24) is 9.78 Å². The average molecular weight is 314 g/mol. The van der Waals surface area contributed by atoms with Gasteiger partial charge in [-0.3, -0.25) is 4.79 Å². The van der Waals surface area contributed by atoms with Crippen LogP contribution in [0, 0.1) is 6.92 Å². The maximum Gasteiger partial charge on any atom is 0.346 e. The van der Waals surface area contributed by atoms with Crippen LogP contribution in [0.3, 0.4) is 0 Å². The Morgan fingerprint density at radius 3 is 2.59 bits per heavy atom. The second-order valence-electron chi connectivity index (χ2n) is 4.90. The lowest BCUT2D eigenvalue weighted by Gasteiger charge is -2.08. The van der Waals surface area contributed by atoms with Crippen molar-refractivity contribution >= 4 is 27.4 Å². The van der Waals surface area contributed by atoms with Gasteiger partial charge in [0.15, 0.2) is 0 Å². The molecule has 0 saturated carbocycles. The van der Waals surface area contributed by atoms with Crippen LogP contribution in [0.5, 0.6) is 0 Å². The third kappa shape index (κ3) is 2.12. The third-order valence-electron chi connectivity index (χ3n) is 3.57. The summed E-state index contributed by atoms with van der Waals surface area (Å²) in [7, 11) is 0. The minimum Gasteiger partial charge on any atom is -0.477 e. The minimum absolute atomic E-state index is 0.194. The predicted molar refractivity (Wildman–Crippen MR) is 86.7 cm³/mol. The Morgan fingerprint density at radius 1 is 1.32 bits per heavy atom. The first-order valence-electron chi connectivity index (χ1n) is 6.87. The summed E-state index contributed by atoms with van der Waals surface area (Å²) >= 11 is 1.02. The average Bonchev–Trinajstić information content (AvgIpc) is 2.87. The summed E-state index contributed by atoms with van der Waals surface area (Å²) in [6.45, 7) is 4.01. The van der Waals surface area contributed by atoms with Gasteiger partial charge in [0.2, 0.25) is 0 Å². The lowest BCUT2D eigenvalue weighted by Crippen LogP contribution is -2.22. The first-order chi connectivity index (χ1) is 10.5. The van der Waals surface area contributed by atoms with Crippen LogP contribution in [0.1, 0.15) is 22.2 Å². The van der Waals surface area contributed by atoms with E-state index >= 15 is 0 Å². The monoisotopic (exact) mass is 314 g/mol. The molecule has 0 fully saturated rings. The van der Waals surface area contributed by atoms with Gasteiger partial charge in [-0.1, -0.05) is 30.3 Å². The topological polar surface area (TPSA) is 72.2 Å². The fraction of sp³-hybridized carbons (Fsp3) is 0.188. The van der Waals surface area contributed by atoms with Crippen molar-refractivity contribution in [3.05, 3.63) is 51.1 Å². The number of hydrogen-bond donors (Lipinski definition) is 1. The smallest absolute Gasteiger partial charge is 0.346 e. The van der Waals surface area contributed by atoms with Crippen molar-refractivity contribution in [2.24, 2.45) is 0 Å². The molecule has 2 aromatic heterocycles. The summed E-state index contributed by atoms with van der Waals surface area (Å²) in [5.74, 6) is -1.01. The zero-order valence-electron chi connectivity index (χ0n) is 12.2. The van der Waals surface area contributed by atoms with Crippen LogP contribution in [-0.4, -0.2) is 20.9 Å². The van der Waals surface area contributed by atoms with E-state index in [9.17, 15) is 14.7 Å². The number of carboxylic acid groups (broad SMARTS) is 1. The van der Waals surface area contributed by atoms with E-state index in [4.69, 9.17) is 0 Å². The quantitative estimate of drug-likeness (QED) is 0.806. The molecule has 0 aliphatic rings. The van der Waals surface area contributed by atoms with Gasteiger partial charge in [0.05, 0.1) is 0 Å². The van der Waals surface area contributed by atoms with Crippen LogP contribution < -0.4 is 5.56 Å². The lowest BCUT2D eigenvalue weighted by atomic mass is 10.1. The lowest BCUT2D eigenvalue weighted by molar-refractivity contribution is 0.0701. The van der Waals surface area contributed by atoms with E-state index in [2.05, 4.69) is 5.10 Å². The van der Waals surface area contributed by atoms with Crippen molar-refractivity contribution < 1.29 is 9.90 Å². The molecule has 3 aromatic rings. The van der Waals surface area contributed by atoms with Crippen molar-refractivity contribution in [2.75, 3.05) is 0 Å². The van der Waals surface area contributed by atoms with Crippen LogP contribution >= 0.6 is 11.3 Å². The summed E-state index contributed by atoms with van der Waals surface area (Å²) in [6, 6.07) is 9.50. The number of carbonyl (C=O) groups is 1. The summed E-state index contributed by atoms with van der Waals surface area (Å²) in [5.41, 5.74) is 1.88. The number of thiophene rings is 1. The Labute approximate surface area is 130 Å². The second kappa shape index (κ2) is 5.38. The highest BCUT2D eigenvalue weighted by Gasteiger charge is 2.22. The van der Waals surface area contributed by atoms with Crippen molar-refractivity contribution in [3.63, 3.8) is 0 Å². The molecule has 0 aliphatic heterocycles. The molecular weight excluding hydrogens is 300 g/mol. The number of aryl methyl sites for hydroxylation is 2. The molecule has 0 bridgehead atoms. The van der Waals surface area contributed by atoms with E-state index in [0.717, 1.165) is 16.9 Å².